The molecule has 7 nitrogen and oxygen atoms in total. The number of carbonyl (C=O) groups excluding carboxylic acids is 1. The summed E-state index contributed by atoms with van der Waals surface area (Å²) in [5.41, 5.74) is 1.17. The first-order chi connectivity index (χ1) is 16.8. The number of sulfone groups is 1. The van der Waals surface area contributed by atoms with Gasteiger partial charge in [0.15, 0.2) is 9.84 Å². The number of ether oxygens (including phenoxy) is 1. The summed E-state index contributed by atoms with van der Waals surface area (Å²) in [7, 11) is -3.55. The molecule has 3 rings (SSSR count). The summed E-state index contributed by atoms with van der Waals surface area (Å²) < 4.78 is 32.0. The van der Waals surface area contributed by atoms with Crippen LogP contribution in [0.3, 0.4) is 0 Å². The third-order valence-electron chi connectivity index (χ3n) is 6.22. The Balaban J connectivity index is 2.23. The van der Waals surface area contributed by atoms with E-state index in [9.17, 15) is 23.1 Å². The summed E-state index contributed by atoms with van der Waals surface area (Å²) in [5, 5.41) is 9.99. The molecule has 0 bridgehead atoms. The summed E-state index contributed by atoms with van der Waals surface area (Å²) >= 11 is 18.7. The molecule has 0 spiro atoms. The van der Waals surface area contributed by atoms with Crippen molar-refractivity contribution < 1.29 is 27.9 Å². The Hall–Kier alpha value is -1.84. The molecule has 1 aliphatic rings. The first kappa shape index (κ1) is 28.7. The van der Waals surface area contributed by atoms with E-state index < -0.39 is 57.7 Å². The van der Waals surface area contributed by atoms with Crippen LogP contribution in [0.5, 0.6) is 0 Å². The Bertz CT molecular complexity index is 1200. The first-order valence-corrected chi connectivity index (χ1v) is 14.3. The Labute approximate surface area is 226 Å². The van der Waals surface area contributed by atoms with Crippen LogP contribution in [0.2, 0.25) is 15.1 Å². The molecule has 1 fully saturated rings. The second-order valence-corrected chi connectivity index (χ2v) is 12.9. The van der Waals surface area contributed by atoms with Crippen molar-refractivity contribution in [2.45, 2.75) is 63.2 Å². The van der Waals surface area contributed by atoms with Crippen molar-refractivity contribution >= 4 is 56.5 Å². The molecule has 4 atom stereocenters. The number of benzene rings is 2. The van der Waals surface area contributed by atoms with Crippen molar-refractivity contribution in [2.75, 3.05) is 5.75 Å². The van der Waals surface area contributed by atoms with E-state index in [1.54, 1.807) is 63.2 Å². The highest BCUT2D eigenvalue weighted by molar-refractivity contribution is 7.92. The van der Waals surface area contributed by atoms with Gasteiger partial charge in [0.1, 0.15) is 12.2 Å². The zero-order valence-corrected chi connectivity index (χ0v) is 23.1. The number of aliphatic carboxylic acids is 1. The van der Waals surface area contributed by atoms with E-state index in [-0.39, 0.29) is 5.75 Å². The lowest BCUT2D eigenvalue weighted by molar-refractivity contribution is -0.182. The van der Waals surface area contributed by atoms with Gasteiger partial charge in [-0.25, -0.2) is 8.42 Å². The van der Waals surface area contributed by atoms with Crippen LogP contribution in [0.4, 0.5) is 0 Å². The van der Waals surface area contributed by atoms with Crippen LogP contribution in [0.15, 0.2) is 42.5 Å². The van der Waals surface area contributed by atoms with Gasteiger partial charge in [0.05, 0.1) is 23.5 Å². The maximum atomic E-state index is 13.7. The molecule has 1 saturated heterocycles. The summed E-state index contributed by atoms with van der Waals surface area (Å²) in [6, 6.07) is 10.1. The van der Waals surface area contributed by atoms with Crippen molar-refractivity contribution in [2.24, 2.45) is 0 Å². The molecule has 36 heavy (non-hydrogen) atoms. The van der Waals surface area contributed by atoms with Gasteiger partial charge in [0.2, 0.25) is 0 Å². The molecule has 11 heteroatoms. The lowest BCUT2D eigenvalue weighted by atomic mass is 9.89. The molecular weight excluding hydrogens is 549 g/mol. The number of carboxylic acid groups (broad SMARTS) is 1. The molecule has 1 N–H and O–H groups in total. The average Bonchev–Trinajstić information content (AvgIpc) is 2.78. The monoisotopic (exact) mass is 575 g/mol. The molecule has 1 amide bonds. The molecule has 1 heterocycles. The fourth-order valence-corrected chi connectivity index (χ4v) is 6.30. The van der Waals surface area contributed by atoms with Gasteiger partial charge < -0.3 is 14.7 Å². The van der Waals surface area contributed by atoms with E-state index in [0.717, 1.165) is 0 Å². The second kappa shape index (κ2) is 11.7. The lowest BCUT2D eigenvalue weighted by Crippen LogP contribution is -2.56. The zero-order valence-electron chi connectivity index (χ0n) is 20.0. The van der Waals surface area contributed by atoms with Gasteiger partial charge in [0.25, 0.3) is 5.91 Å². The van der Waals surface area contributed by atoms with Gasteiger partial charge in [-0.15, -0.1) is 0 Å². The quantitative estimate of drug-likeness (QED) is 0.409. The largest absolute Gasteiger partial charge is 0.481 e. The number of carboxylic acids is 1. The predicted octanol–water partition coefficient (Wildman–Crippen LogP) is 5.73. The summed E-state index contributed by atoms with van der Waals surface area (Å²) in [6.07, 6.45) is -2.46. The molecule has 0 saturated carbocycles. The summed E-state index contributed by atoms with van der Waals surface area (Å²) in [4.78, 5) is 26.8. The number of morpholine rings is 1. The van der Waals surface area contributed by atoms with Crippen LogP contribution >= 0.6 is 34.8 Å². The van der Waals surface area contributed by atoms with E-state index in [4.69, 9.17) is 39.5 Å². The highest BCUT2D eigenvalue weighted by atomic mass is 35.5. The SMILES string of the molecule is CC[C@@H](CS(=O)(=O)C(C)C)N1C(=O)[C@H](CC(=O)O)OC(c2cc(Cl)cc(Cl)c2)C1c1ccc(Cl)cc1. The van der Waals surface area contributed by atoms with Crippen molar-refractivity contribution in [1.82, 2.24) is 4.90 Å². The van der Waals surface area contributed by atoms with Gasteiger partial charge in [-0.1, -0.05) is 53.9 Å². The van der Waals surface area contributed by atoms with Gasteiger partial charge in [-0.2, -0.15) is 0 Å². The third-order valence-corrected chi connectivity index (χ3v) is 9.19. The summed E-state index contributed by atoms with van der Waals surface area (Å²) in [6.45, 7) is 4.97. The molecule has 2 unspecified atom stereocenters. The van der Waals surface area contributed by atoms with E-state index in [0.29, 0.717) is 32.6 Å². The first-order valence-electron chi connectivity index (χ1n) is 11.5. The fraction of sp³-hybridized carbons (Fsp3) is 0.440. The van der Waals surface area contributed by atoms with E-state index in [1.807, 2.05) is 0 Å². The number of rotatable bonds is 9. The van der Waals surface area contributed by atoms with Crippen LogP contribution in [0, 0.1) is 0 Å². The van der Waals surface area contributed by atoms with Crippen LogP contribution in [0.25, 0.3) is 0 Å². The van der Waals surface area contributed by atoms with Crippen LogP contribution in [-0.4, -0.2) is 53.4 Å². The van der Waals surface area contributed by atoms with Gasteiger partial charge >= 0.3 is 5.97 Å². The Morgan fingerprint density at radius 3 is 2.11 bits per heavy atom. The normalized spacial score (nSPS) is 21.6. The van der Waals surface area contributed by atoms with E-state index >= 15 is 0 Å². The molecule has 1 aliphatic heterocycles. The van der Waals surface area contributed by atoms with Gasteiger partial charge in [-0.3, -0.25) is 9.59 Å². The number of carbonyl (C=O) groups is 2. The molecular formula is C25H28Cl3NO6S. The summed E-state index contributed by atoms with van der Waals surface area (Å²) in [5.74, 6) is -2.09. The minimum atomic E-state index is -3.55. The van der Waals surface area contributed by atoms with E-state index in [2.05, 4.69) is 0 Å². The maximum absolute atomic E-state index is 13.7. The molecule has 0 aliphatic carbocycles. The predicted molar refractivity (Wildman–Crippen MR) is 140 cm³/mol. The Morgan fingerprint density at radius 1 is 1.03 bits per heavy atom. The van der Waals surface area contributed by atoms with Crippen molar-refractivity contribution in [3.63, 3.8) is 0 Å². The van der Waals surface area contributed by atoms with Gasteiger partial charge in [0, 0.05) is 21.1 Å². The number of amides is 1. The smallest absolute Gasteiger partial charge is 0.306 e. The minimum Gasteiger partial charge on any atom is -0.481 e. The number of nitrogens with zero attached hydrogens (tertiary/aromatic N) is 1. The highest BCUT2D eigenvalue weighted by Gasteiger charge is 2.48. The molecule has 0 aromatic heterocycles. The van der Waals surface area contributed by atoms with Crippen LogP contribution in [0.1, 0.15) is 56.9 Å². The number of hydrogen-bond acceptors (Lipinski definition) is 5. The Morgan fingerprint density at radius 2 is 1.61 bits per heavy atom. The van der Waals surface area contributed by atoms with Crippen molar-refractivity contribution in [3.05, 3.63) is 68.7 Å². The third kappa shape index (κ3) is 6.53. The van der Waals surface area contributed by atoms with Crippen LogP contribution in [-0.2, 0) is 24.2 Å². The van der Waals surface area contributed by atoms with Gasteiger partial charge in [-0.05, 0) is 61.7 Å². The second-order valence-electron chi connectivity index (χ2n) is 9.03. The zero-order chi connectivity index (χ0) is 26.8. The van der Waals surface area contributed by atoms with Crippen LogP contribution < -0.4 is 0 Å². The average molecular weight is 577 g/mol. The molecule has 2 aromatic carbocycles. The molecule has 196 valence electrons. The van der Waals surface area contributed by atoms with E-state index in [1.165, 1.54) is 4.90 Å². The standard InChI is InChI=1S/C25H28Cl3NO6S/c1-4-20(13-36(33,34)14(2)3)29-23(15-5-7-17(26)8-6-15)24(16-9-18(27)11-19(28)10-16)35-21(25(29)32)12-22(30)31/h5-11,14,20-21,23-24H,4,12-13H2,1-3H3,(H,30,31)/t20-,21-,23?,24?/m0/s1. The topological polar surface area (TPSA) is 101 Å². The fourth-order valence-electron chi connectivity index (χ4n) is 4.31. The van der Waals surface area contributed by atoms with Crippen molar-refractivity contribution in [3.8, 4) is 0 Å². The lowest BCUT2D eigenvalue weighted by Gasteiger charge is -2.48. The number of halogens is 3. The maximum Gasteiger partial charge on any atom is 0.306 e. The highest BCUT2D eigenvalue weighted by Crippen LogP contribution is 2.45. The van der Waals surface area contributed by atoms with Crippen molar-refractivity contribution in [1.29, 1.82) is 0 Å². The molecule has 2 aromatic rings. The number of hydrogen-bond donors (Lipinski definition) is 1. The molecule has 0 radical (unpaired) electrons. The minimum absolute atomic E-state index is 0.278. The Kier molecular flexibility index (Phi) is 9.33.